The normalized spacial score (nSPS) is 15.1. The molecule has 0 unspecified atom stereocenters. The Kier molecular flexibility index (Phi) is 7.40. The van der Waals surface area contributed by atoms with Crippen LogP contribution in [0, 0.1) is 0 Å². The van der Waals surface area contributed by atoms with Crippen molar-refractivity contribution in [1.29, 1.82) is 0 Å². The number of nitrogens with zero attached hydrogens (tertiary/aromatic N) is 3. The van der Waals surface area contributed by atoms with Gasteiger partial charge in [0.15, 0.2) is 5.76 Å². The first-order valence-corrected chi connectivity index (χ1v) is 11.6. The number of anilines is 1. The lowest BCUT2D eigenvalue weighted by Gasteiger charge is -2.35. The molecular formula is C24H29N3O3S. The lowest BCUT2D eigenvalue weighted by Crippen LogP contribution is -2.49. The smallest absolute Gasteiger partial charge is 0.293 e. The summed E-state index contributed by atoms with van der Waals surface area (Å²) in [6.07, 6.45) is 2.66. The Morgan fingerprint density at radius 1 is 1.03 bits per heavy atom. The molecule has 0 bridgehead atoms. The number of benzene rings is 1. The summed E-state index contributed by atoms with van der Waals surface area (Å²) in [5.74, 6) is 1.01. The largest absolute Gasteiger partial charge is 0.497 e. The number of rotatable bonds is 9. The molecule has 1 aromatic carbocycles. The molecule has 0 aliphatic carbocycles. The number of piperazine rings is 1. The third kappa shape index (κ3) is 5.76. The zero-order valence-corrected chi connectivity index (χ0v) is 18.7. The molecule has 6 nitrogen and oxygen atoms in total. The molecule has 7 heteroatoms. The lowest BCUT2D eigenvalue weighted by atomic mass is 10.2. The van der Waals surface area contributed by atoms with Gasteiger partial charge in [0, 0.05) is 56.4 Å². The summed E-state index contributed by atoms with van der Waals surface area (Å²) in [5, 5.41) is 2.14. The monoisotopic (exact) mass is 439 g/mol. The highest BCUT2D eigenvalue weighted by Gasteiger charge is 2.23. The summed E-state index contributed by atoms with van der Waals surface area (Å²) in [5.41, 5.74) is 0.844. The number of carbonyl (C=O) groups is 1. The summed E-state index contributed by atoms with van der Waals surface area (Å²) < 4.78 is 10.6. The highest BCUT2D eigenvalue weighted by atomic mass is 32.1. The molecule has 0 N–H and O–H groups in total. The summed E-state index contributed by atoms with van der Waals surface area (Å²) in [6.45, 7) is 6.74. The van der Waals surface area contributed by atoms with Gasteiger partial charge in [-0.2, -0.15) is 0 Å². The molecule has 1 saturated heterocycles. The van der Waals surface area contributed by atoms with Gasteiger partial charge >= 0.3 is 0 Å². The van der Waals surface area contributed by atoms with Crippen molar-refractivity contribution < 1.29 is 13.9 Å². The summed E-state index contributed by atoms with van der Waals surface area (Å²) in [6, 6.07) is 15.4. The van der Waals surface area contributed by atoms with Crippen molar-refractivity contribution in [2.45, 2.75) is 6.42 Å². The zero-order chi connectivity index (χ0) is 21.5. The van der Waals surface area contributed by atoms with Gasteiger partial charge in [-0.15, -0.1) is 11.3 Å². The first kappa shape index (κ1) is 21.6. The van der Waals surface area contributed by atoms with E-state index in [2.05, 4.69) is 27.3 Å². The van der Waals surface area contributed by atoms with E-state index in [9.17, 15) is 4.79 Å². The molecule has 1 aliphatic heterocycles. The van der Waals surface area contributed by atoms with E-state index in [0.717, 1.165) is 57.1 Å². The third-order valence-electron chi connectivity index (χ3n) is 5.72. The van der Waals surface area contributed by atoms with Crippen LogP contribution >= 0.6 is 11.3 Å². The Morgan fingerprint density at radius 2 is 1.77 bits per heavy atom. The maximum absolute atomic E-state index is 13.1. The van der Waals surface area contributed by atoms with Crippen LogP contribution in [-0.4, -0.2) is 68.6 Å². The molecule has 0 radical (unpaired) electrons. The summed E-state index contributed by atoms with van der Waals surface area (Å²) in [4.78, 5) is 21.3. The molecule has 4 rings (SSSR count). The molecule has 0 spiro atoms. The highest BCUT2D eigenvalue weighted by Crippen LogP contribution is 2.21. The average Bonchev–Trinajstić information content (AvgIpc) is 3.53. The first-order valence-electron chi connectivity index (χ1n) is 10.7. The van der Waals surface area contributed by atoms with Gasteiger partial charge < -0.3 is 19.0 Å². The van der Waals surface area contributed by atoms with E-state index in [4.69, 9.17) is 9.15 Å². The Morgan fingerprint density at radius 3 is 2.39 bits per heavy atom. The fraction of sp³-hybridized carbons (Fsp3) is 0.375. The number of hydrogen-bond acceptors (Lipinski definition) is 6. The number of furan rings is 1. The number of hydrogen-bond donors (Lipinski definition) is 0. The van der Waals surface area contributed by atoms with Crippen molar-refractivity contribution in [3.63, 3.8) is 0 Å². The van der Waals surface area contributed by atoms with Gasteiger partial charge in [0.2, 0.25) is 0 Å². The van der Waals surface area contributed by atoms with E-state index in [1.807, 2.05) is 35.6 Å². The Bertz CT molecular complexity index is 918. The molecular weight excluding hydrogens is 410 g/mol. The van der Waals surface area contributed by atoms with Gasteiger partial charge in [-0.05, 0) is 54.3 Å². The van der Waals surface area contributed by atoms with Gasteiger partial charge in [0.05, 0.1) is 13.4 Å². The van der Waals surface area contributed by atoms with Crippen molar-refractivity contribution in [3.8, 4) is 5.75 Å². The predicted octanol–water partition coefficient (Wildman–Crippen LogP) is 3.86. The van der Waals surface area contributed by atoms with Crippen molar-refractivity contribution in [2.24, 2.45) is 0 Å². The molecule has 1 amide bonds. The summed E-state index contributed by atoms with van der Waals surface area (Å²) >= 11 is 1.83. The Balaban J connectivity index is 1.32. The minimum atomic E-state index is -0.121. The van der Waals surface area contributed by atoms with Crippen molar-refractivity contribution in [3.05, 3.63) is 70.8 Å². The molecule has 0 saturated carbocycles. The van der Waals surface area contributed by atoms with Gasteiger partial charge in [-0.1, -0.05) is 6.07 Å². The molecule has 3 aromatic rings. The van der Waals surface area contributed by atoms with Crippen LogP contribution < -0.4 is 9.64 Å². The van der Waals surface area contributed by atoms with Crippen LogP contribution in [0.5, 0.6) is 5.75 Å². The lowest BCUT2D eigenvalue weighted by molar-refractivity contribution is 0.0949. The van der Waals surface area contributed by atoms with E-state index < -0.39 is 0 Å². The molecule has 1 fully saturated rings. The van der Waals surface area contributed by atoms with Crippen LogP contribution in [0.15, 0.2) is 64.6 Å². The van der Waals surface area contributed by atoms with Crippen molar-refractivity contribution in [2.75, 3.05) is 57.8 Å². The molecule has 31 heavy (non-hydrogen) atoms. The quantitative estimate of drug-likeness (QED) is 0.507. The number of ether oxygens (including phenoxy) is 1. The SMILES string of the molecule is COc1ccc(N(CCN2CCN(CCc3cccs3)CC2)C(=O)c2ccco2)cc1. The van der Waals surface area contributed by atoms with Gasteiger partial charge in [-0.3, -0.25) is 9.69 Å². The second kappa shape index (κ2) is 10.6. The van der Waals surface area contributed by atoms with E-state index in [1.165, 1.54) is 11.1 Å². The van der Waals surface area contributed by atoms with Crippen LogP contribution in [0.2, 0.25) is 0 Å². The third-order valence-corrected chi connectivity index (χ3v) is 6.66. The van der Waals surface area contributed by atoms with Gasteiger partial charge in [-0.25, -0.2) is 0 Å². The topological polar surface area (TPSA) is 49.2 Å². The van der Waals surface area contributed by atoms with Crippen LogP contribution in [-0.2, 0) is 6.42 Å². The second-order valence-electron chi connectivity index (χ2n) is 7.64. The number of methoxy groups -OCH3 is 1. The molecule has 2 aromatic heterocycles. The van der Waals surface area contributed by atoms with Crippen molar-refractivity contribution in [1.82, 2.24) is 9.80 Å². The fourth-order valence-electron chi connectivity index (χ4n) is 3.84. The molecule has 3 heterocycles. The molecule has 0 atom stereocenters. The number of thiophene rings is 1. The number of amides is 1. The van der Waals surface area contributed by atoms with E-state index in [1.54, 1.807) is 24.1 Å². The number of carbonyl (C=O) groups excluding carboxylic acids is 1. The first-order chi connectivity index (χ1) is 15.2. The summed E-state index contributed by atoms with van der Waals surface area (Å²) in [7, 11) is 1.64. The van der Waals surface area contributed by atoms with Crippen LogP contribution in [0.1, 0.15) is 15.4 Å². The van der Waals surface area contributed by atoms with Crippen molar-refractivity contribution >= 4 is 22.9 Å². The Labute approximate surface area is 187 Å². The van der Waals surface area contributed by atoms with E-state index >= 15 is 0 Å². The van der Waals surface area contributed by atoms with Crippen LogP contribution in [0.25, 0.3) is 0 Å². The zero-order valence-electron chi connectivity index (χ0n) is 17.9. The second-order valence-corrected chi connectivity index (χ2v) is 8.68. The Hall–Kier alpha value is -2.61. The fourth-order valence-corrected chi connectivity index (χ4v) is 4.54. The molecule has 164 valence electrons. The van der Waals surface area contributed by atoms with E-state index in [-0.39, 0.29) is 5.91 Å². The minimum absolute atomic E-state index is 0.121. The van der Waals surface area contributed by atoms with Gasteiger partial charge in [0.1, 0.15) is 5.75 Å². The highest BCUT2D eigenvalue weighted by molar-refractivity contribution is 7.09. The van der Waals surface area contributed by atoms with Crippen LogP contribution in [0.3, 0.4) is 0 Å². The maximum atomic E-state index is 13.1. The van der Waals surface area contributed by atoms with Gasteiger partial charge in [0.25, 0.3) is 5.91 Å². The van der Waals surface area contributed by atoms with Crippen LogP contribution in [0.4, 0.5) is 5.69 Å². The maximum Gasteiger partial charge on any atom is 0.293 e. The standard InChI is InChI=1S/C24H29N3O3S/c1-29-21-8-6-20(7-9-21)27(24(28)23-5-2-18-30-23)17-16-26-14-12-25(13-15-26)11-10-22-4-3-19-31-22/h2-9,18-19H,10-17H2,1H3. The minimum Gasteiger partial charge on any atom is -0.497 e. The average molecular weight is 440 g/mol. The van der Waals surface area contributed by atoms with E-state index in [0.29, 0.717) is 12.3 Å². The molecule has 1 aliphatic rings. The predicted molar refractivity (Wildman–Crippen MR) is 124 cm³/mol.